The molecule has 2 N–H and O–H groups in total. The standard InChI is InChI=1S/C24H22ClN3O4S2/c1-4-28-20-11-9-17(13-21(20)33-24(28)30)26-23(29)16-8-10-18(25)22(12-16)34(31,32)27-19-7-5-6-14(2)15(19)3/h5-13,27H,4H2,1-3H3,(H,26,29). The first kappa shape index (κ1) is 24.0. The van der Waals surface area contributed by atoms with Gasteiger partial charge in [0.1, 0.15) is 4.90 Å². The number of thiazole rings is 1. The Balaban J connectivity index is 1.62. The van der Waals surface area contributed by atoms with E-state index in [4.69, 9.17) is 11.6 Å². The first-order valence-electron chi connectivity index (χ1n) is 10.4. The monoisotopic (exact) mass is 515 g/mol. The second-order valence-electron chi connectivity index (χ2n) is 7.75. The summed E-state index contributed by atoms with van der Waals surface area (Å²) in [5, 5.41) is 2.76. The molecule has 0 spiro atoms. The summed E-state index contributed by atoms with van der Waals surface area (Å²) in [5.41, 5.74) is 3.60. The molecule has 0 unspecified atom stereocenters. The van der Waals surface area contributed by atoms with E-state index in [1.807, 2.05) is 26.8 Å². The summed E-state index contributed by atoms with van der Waals surface area (Å²) in [7, 11) is -4.04. The van der Waals surface area contributed by atoms with Crippen molar-refractivity contribution in [3.63, 3.8) is 0 Å². The van der Waals surface area contributed by atoms with Gasteiger partial charge in [-0.15, -0.1) is 0 Å². The van der Waals surface area contributed by atoms with Gasteiger partial charge in [-0.1, -0.05) is 35.1 Å². The van der Waals surface area contributed by atoms with Crippen LogP contribution in [0.25, 0.3) is 10.2 Å². The van der Waals surface area contributed by atoms with Crippen molar-refractivity contribution in [3.05, 3.63) is 86.0 Å². The smallest absolute Gasteiger partial charge is 0.308 e. The minimum Gasteiger partial charge on any atom is -0.322 e. The fourth-order valence-corrected chi connectivity index (χ4v) is 6.20. The number of anilines is 2. The highest BCUT2D eigenvalue weighted by molar-refractivity contribution is 7.92. The molecule has 176 valence electrons. The number of amides is 1. The maximum Gasteiger partial charge on any atom is 0.308 e. The van der Waals surface area contributed by atoms with Gasteiger partial charge in [0, 0.05) is 17.8 Å². The van der Waals surface area contributed by atoms with Gasteiger partial charge in [0.05, 0.1) is 20.9 Å². The van der Waals surface area contributed by atoms with Crippen molar-refractivity contribution >= 4 is 60.5 Å². The number of aryl methyl sites for hydroxylation is 2. The van der Waals surface area contributed by atoms with Crippen LogP contribution in [0, 0.1) is 13.8 Å². The molecule has 0 saturated carbocycles. The lowest BCUT2D eigenvalue weighted by molar-refractivity contribution is 0.102. The number of sulfonamides is 1. The second-order valence-corrected chi connectivity index (χ2v) is 10.8. The normalized spacial score (nSPS) is 11.5. The average Bonchev–Trinajstić information content (AvgIpc) is 3.11. The molecule has 3 aromatic carbocycles. The fourth-order valence-electron chi connectivity index (χ4n) is 3.56. The minimum absolute atomic E-state index is 0.00135. The van der Waals surface area contributed by atoms with Crippen molar-refractivity contribution in [1.29, 1.82) is 0 Å². The zero-order valence-corrected chi connectivity index (χ0v) is 21.1. The number of hydrogen-bond donors (Lipinski definition) is 2. The number of carbonyl (C=O) groups excluding carboxylic acids is 1. The Labute approximate surface area is 206 Å². The number of hydrogen-bond acceptors (Lipinski definition) is 5. The summed E-state index contributed by atoms with van der Waals surface area (Å²) in [6.45, 7) is 6.16. The predicted molar refractivity (Wildman–Crippen MR) is 138 cm³/mol. The van der Waals surface area contributed by atoms with Crippen LogP contribution in [0.5, 0.6) is 0 Å². The first-order valence-corrected chi connectivity index (χ1v) is 13.1. The van der Waals surface area contributed by atoms with Crippen LogP contribution in [-0.2, 0) is 16.6 Å². The van der Waals surface area contributed by atoms with Gasteiger partial charge in [0.15, 0.2) is 0 Å². The van der Waals surface area contributed by atoms with Crippen molar-refractivity contribution in [2.45, 2.75) is 32.2 Å². The molecule has 10 heteroatoms. The van der Waals surface area contributed by atoms with Crippen LogP contribution in [0.3, 0.4) is 0 Å². The molecule has 0 fully saturated rings. The summed E-state index contributed by atoms with van der Waals surface area (Å²) in [4.78, 5) is 24.7. The highest BCUT2D eigenvalue weighted by Crippen LogP contribution is 2.28. The lowest BCUT2D eigenvalue weighted by Crippen LogP contribution is -2.17. The predicted octanol–water partition coefficient (Wildman–Crippen LogP) is 5.41. The van der Waals surface area contributed by atoms with E-state index in [-0.39, 0.29) is 20.4 Å². The Morgan fingerprint density at radius 3 is 2.59 bits per heavy atom. The van der Waals surface area contributed by atoms with Crippen LogP contribution in [0.2, 0.25) is 5.02 Å². The number of halogens is 1. The topological polar surface area (TPSA) is 97.3 Å². The third-order valence-electron chi connectivity index (χ3n) is 5.57. The molecule has 1 heterocycles. The molecule has 0 aliphatic heterocycles. The van der Waals surface area contributed by atoms with Crippen LogP contribution in [-0.4, -0.2) is 18.9 Å². The number of benzene rings is 3. The number of nitrogens with zero attached hydrogens (tertiary/aromatic N) is 1. The van der Waals surface area contributed by atoms with Gasteiger partial charge in [-0.2, -0.15) is 0 Å². The van der Waals surface area contributed by atoms with Crippen LogP contribution in [0.4, 0.5) is 11.4 Å². The van der Waals surface area contributed by atoms with E-state index in [1.54, 1.807) is 34.9 Å². The van der Waals surface area contributed by atoms with E-state index in [0.29, 0.717) is 17.9 Å². The zero-order valence-electron chi connectivity index (χ0n) is 18.7. The van der Waals surface area contributed by atoms with Crippen LogP contribution < -0.4 is 14.9 Å². The van der Waals surface area contributed by atoms with Crippen molar-refractivity contribution in [3.8, 4) is 0 Å². The summed E-state index contributed by atoms with van der Waals surface area (Å²) < 4.78 is 31.1. The van der Waals surface area contributed by atoms with Crippen LogP contribution >= 0.6 is 22.9 Å². The highest BCUT2D eigenvalue weighted by atomic mass is 35.5. The van der Waals surface area contributed by atoms with Gasteiger partial charge in [-0.25, -0.2) is 8.42 Å². The first-order chi connectivity index (χ1) is 16.1. The molecule has 0 radical (unpaired) electrons. The molecule has 0 atom stereocenters. The average molecular weight is 516 g/mol. The maximum atomic E-state index is 13.1. The molecule has 1 aromatic heterocycles. The highest BCUT2D eigenvalue weighted by Gasteiger charge is 2.21. The Kier molecular flexibility index (Phi) is 6.53. The molecule has 4 rings (SSSR count). The zero-order chi connectivity index (χ0) is 24.6. The second kappa shape index (κ2) is 9.25. The van der Waals surface area contributed by atoms with E-state index in [1.165, 1.54) is 18.2 Å². The number of fused-ring (bicyclic) bond motifs is 1. The molecular formula is C24H22ClN3O4S2. The third kappa shape index (κ3) is 4.59. The molecule has 7 nitrogen and oxygen atoms in total. The number of carbonyl (C=O) groups is 1. The fraction of sp³-hybridized carbons (Fsp3) is 0.167. The van der Waals surface area contributed by atoms with Gasteiger partial charge < -0.3 is 5.32 Å². The van der Waals surface area contributed by atoms with E-state index >= 15 is 0 Å². The Morgan fingerprint density at radius 2 is 1.85 bits per heavy atom. The van der Waals surface area contributed by atoms with Gasteiger partial charge in [0.25, 0.3) is 15.9 Å². The van der Waals surface area contributed by atoms with Gasteiger partial charge in [-0.05, 0) is 74.4 Å². The molecule has 34 heavy (non-hydrogen) atoms. The van der Waals surface area contributed by atoms with Crippen LogP contribution in [0.15, 0.2) is 64.3 Å². The van der Waals surface area contributed by atoms with Crippen LogP contribution in [0.1, 0.15) is 28.4 Å². The molecule has 4 aromatic rings. The van der Waals surface area contributed by atoms with Gasteiger partial charge in [0.2, 0.25) is 0 Å². The molecular weight excluding hydrogens is 494 g/mol. The summed E-state index contributed by atoms with van der Waals surface area (Å²) in [5.74, 6) is -0.499. The Hall–Kier alpha value is -3.14. The number of rotatable bonds is 6. The van der Waals surface area contributed by atoms with E-state index < -0.39 is 15.9 Å². The SMILES string of the molecule is CCn1c(=O)sc2cc(NC(=O)c3ccc(Cl)c(S(=O)(=O)Nc4cccc(C)c4C)c3)ccc21. The Morgan fingerprint density at radius 1 is 1.09 bits per heavy atom. The molecule has 0 aliphatic carbocycles. The quantitative estimate of drug-likeness (QED) is 0.359. The molecule has 1 amide bonds. The summed E-state index contributed by atoms with van der Waals surface area (Å²) in [6, 6.07) is 14.6. The molecule has 0 saturated heterocycles. The van der Waals surface area contributed by atoms with Gasteiger partial charge in [-0.3, -0.25) is 18.9 Å². The van der Waals surface area contributed by atoms with Crippen molar-refractivity contribution in [2.24, 2.45) is 0 Å². The van der Waals surface area contributed by atoms with Gasteiger partial charge >= 0.3 is 4.87 Å². The maximum absolute atomic E-state index is 13.1. The number of nitrogens with one attached hydrogen (secondary N) is 2. The van der Waals surface area contributed by atoms with Crippen molar-refractivity contribution in [1.82, 2.24) is 4.57 Å². The summed E-state index contributed by atoms with van der Waals surface area (Å²) in [6.07, 6.45) is 0. The van der Waals surface area contributed by atoms with E-state index in [9.17, 15) is 18.0 Å². The largest absolute Gasteiger partial charge is 0.322 e. The Bertz CT molecular complexity index is 1590. The lowest BCUT2D eigenvalue weighted by Gasteiger charge is -2.14. The third-order valence-corrected chi connectivity index (χ3v) is 8.36. The van der Waals surface area contributed by atoms with E-state index in [2.05, 4.69) is 10.0 Å². The lowest BCUT2D eigenvalue weighted by atomic mass is 10.1. The van der Waals surface area contributed by atoms with E-state index in [0.717, 1.165) is 32.7 Å². The molecule has 0 bridgehead atoms. The van der Waals surface area contributed by atoms with Crippen molar-refractivity contribution in [2.75, 3.05) is 10.0 Å². The summed E-state index contributed by atoms with van der Waals surface area (Å²) >= 11 is 7.30. The minimum atomic E-state index is -4.04. The van der Waals surface area contributed by atoms with Crippen molar-refractivity contribution < 1.29 is 13.2 Å². The molecule has 0 aliphatic rings. The number of aromatic nitrogens is 1.